The number of benzene rings is 1. The molecule has 0 saturated heterocycles. The maximum absolute atomic E-state index is 9.42. The molecule has 102 valence electrons. The van der Waals surface area contributed by atoms with Crippen LogP contribution in [0.1, 0.15) is 31.2 Å². The van der Waals surface area contributed by atoms with Crippen molar-refractivity contribution in [1.82, 2.24) is 5.32 Å². The zero-order valence-corrected chi connectivity index (χ0v) is 12.6. The van der Waals surface area contributed by atoms with Gasteiger partial charge in [0.25, 0.3) is 0 Å². The van der Waals surface area contributed by atoms with E-state index in [-0.39, 0.29) is 5.54 Å². The molecule has 1 aromatic rings. The minimum atomic E-state index is -0.271. The first-order valence-corrected chi connectivity index (χ1v) is 7.98. The van der Waals surface area contributed by atoms with E-state index in [2.05, 4.69) is 42.6 Å². The summed E-state index contributed by atoms with van der Waals surface area (Å²) in [6.45, 7) is 2.13. The lowest BCUT2D eigenvalue weighted by atomic mass is 9.87. The van der Waals surface area contributed by atoms with E-state index in [0.717, 1.165) is 18.6 Å². The minimum Gasteiger partial charge on any atom is -0.302 e. The van der Waals surface area contributed by atoms with Gasteiger partial charge < -0.3 is 5.32 Å². The number of rotatable bonds is 5. The molecule has 2 rings (SSSR count). The van der Waals surface area contributed by atoms with Crippen molar-refractivity contribution in [1.29, 1.82) is 5.26 Å². The van der Waals surface area contributed by atoms with E-state index >= 15 is 0 Å². The van der Waals surface area contributed by atoms with Crippen molar-refractivity contribution in [2.45, 2.75) is 43.0 Å². The average molecular weight is 274 g/mol. The van der Waals surface area contributed by atoms with Gasteiger partial charge in [0, 0.05) is 4.90 Å². The second-order valence-electron chi connectivity index (χ2n) is 5.38. The molecule has 1 fully saturated rings. The van der Waals surface area contributed by atoms with Crippen LogP contribution in [0, 0.1) is 24.2 Å². The molecule has 0 radical (unpaired) electrons. The Bertz CT molecular complexity index is 466. The molecule has 1 aliphatic carbocycles. The number of aryl methyl sites for hydroxylation is 1. The molecule has 1 aromatic carbocycles. The summed E-state index contributed by atoms with van der Waals surface area (Å²) in [5.74, 6) is 1.60. The first kappa shape index (κ1) is 14.4. The number of nitrogens with one attached hydrogen (secondary N) is 1. The number of nitriles is 1. The molecule has 1 N–H and O–H groups in total. The van der Waals surface area contributed by atoms with Gasteiger partial charge in [-0.25, -0.2) is 0 Å². The van der Waals surface area contributed by atoms with Crippen LogP contribution in [0.25, 0.3) is 0 Å². The topological polar surface area (TPSA) is 35.8 Å². The fourth-order valence-electron chi connectivity index (χ4n) is 3.02. The van der Waals surface area contributed by atoms with Gasteiger partial charge in [-0.05, 0) is 57.0 Å². The Morgan fingerprint density at radius 3 is 3.05 bits per heavy atom. The second kappa shape index (κ2) is 6.45. The molecule has 2 atom stereocenters. The van der Waals surface area contributed by atoms with Gasteiger partial charge in [-0.1, -0.05) is 24.1 Å². The summed E-state index contributed by atoms with van der Waals surface area (Å²) in [5, 5.41) is 12.7. The third kappa shape index (κ3) is 3.32. The minimum absolute atomic E-state index is 0.271. The smallest absolute Gasteiger partial charge is 0.109 e. The van der Waals surface area contributed by atoms with Crippen LogP contribution in [0.5, 0.6) is 0 Å². The molecular formula is C16H22N2S. The zero-order valence-electron chi connectivity index (χ0n) is 11.8. The van der Waals surface area contributed by atoms with E-state index in [1.54, 1.807) is 0 Å². The van der Waals surface area contributed by atoms with Crippen LogP contribution in [-0.2, 0) is 0 Å². The lowest BCUT2D eigenvalue weighted by Crippen LogP contribution is -2.44. The van der Waals surface area contributed by atoms with Crippen LogP contribution in [0.15, 0.2) is 29.2 Å². The van der Waals surface area contributed by atoms with E-state index in [1.807, 2.05) is 18.8 Å². The van der Waals surface area contributed by atoms with E-state index < -0.39 is 0 Å². The van der Waals surface area contributed by atoms with Crippen LogP contribution >= 0.6 is 11.8 Å². The van der Waals surface area contributed by atoms with Gasteiger partial charge in [0.15, 0.2) is 0 Å². The Kier molecular flexibility index (Phi) is 4.90. The van der Waals surface area contributed by atoms with Crippen molar-refractivity contribution in [3.8, 4) is 6.07 Å². The summed E-state index contributed by atoms with van der Waals surface area (Å²) < 4.78 is 0. The molecule has 0 aliphatic heterocycles. The Morgan fingerprint density at radius 2 is 2.37 bits per heavy atom. The van der Waals surface area contributed by atoms with Crippen molar-refractivity contribution >= 4 is 11.8 Å². The van der Waals surface area contributed by atoms with Gasteiger partial charge in [-0.2, -0.15) is 5.26 Å². The lowest BCUT2D eigenvalue weighted by Gasteiger charge is -2.28. The van der Waals surface area contributed by atoms with E-state index in [4.69, 9.17) is 0 Å². The molecule has 0 bridgehead atoms. The molecule has 0 amide bonds. The van der Waals surface area contributed by atoms with Gasteiger partial charge in [0.1, 0.15) is 5.54 Å². The highest BCUT2D eigenvalue weighted by Gasteiger charge is 2.41. The zero-order chi connectivity index (χ0) is 13.7. The van der Waals surface area contributed by atoms with Gasteiger partial charge in [-0.3, -0.25) is 0 Å². The first-order chi connectivity index (χ1) is 9.20. The highest BCUT2D eigenvalue weighted by atomic mass is 32.2. The van der Waals surface area contributed by atoms with Gasteiger partial charge in [0.2, 0.25) is 0 Å². The summed E-state index contributed by atoms with van der Waals surface area (Å²) >= 11 is 1.91. The maximum Gasteiger partial charge on any atom is 0.109 e. The third-order valence-corrected chi connectivity index (χ3v) is 5.22. The van der Waals surface area contributed by atoms with Crippen molar-refractivity contribution in [2.75, 3.05) is 12.8 Å². The second-order valence-corrected chi connectivity index (χ2v) is 6.54. The largest absolute Gasteiger partial charge is 0.302 e. The first-order valence-electron chi connectivity index (χ1n) is 7.00. The molecule has 0 heterocycles. The predicted octanol–water partition coefficient (Wildman–Crippen LogP) is 3.76. The molecule has 1 saturated carbocycles. The lowest BCUT2D eigenvalue weighted by molar-refractivity contribution is 0.332. The normalized spacial score (nSPS) is 26.3. The Hall–Kier alpha value is -0.980. The van der Waals surface area contributed by atoms with Gasteiger partial charge >= 0.3 is 0 Å². The standard InChI is InChI=1S/C16H22N2S/c1-13-5-3-7-15(11-13)19-10-8-14-6-4-9-16(14,12-17)18-2/h3,5,7,11,14,18H,4,6,8-10H2,1-2H3. The highest BCUT2D eigenvalue weighted by molar-refractivity contribution is 7.99. The number of hydrogen-bond acceptors (Lipinski definition) is 3. The third-order valence-electron chi connectivity index (χ3n) is 4.19. The summed E-state index contributed by atoms with van der Waals surface area (Å²) in [5.41, 5.74) is 1.04. The molecular weight excluding hydrogens is 252 g/mol. The molecule has 2 nitrogen and oxygen atoms in total. The summed E-state index contributed by atoms with van der Waals surface area (Å²) in [4.78, 5) is 1.34. The molecule has 3 heteroatoms. The number of hydrogen-bond donors (Lipinski definition) is 1. The van der Waals surface area contributed by atoms with Gasteiger partial charge in [-0.15, -0.1) is 11.8 Å². The van der Waals surface area contributed by atoms with Crippen molar-refractivity contribution in [2.24, 2.45) is 5.92 Å². The van der Waals surface area contributed by atoms with Crippen molar-refractivity contribution in [3.05, 3.63) is 29.8 Å². The van der Waals surface area contributed by atoms with E-state index in [0.29, 0.717) is 5.92 Å². The van der Waals surface area contributed by atoms with Crippen LogP contribution in [0.3, 0.4) is 0 Å². The average Bonchev–Trinajstić information content (AvgIpc) is 2.82. The number of nitrogens with zero attached hydrogens (tertiary/aromatic N) is 1. The molecule has 0 spiro atoms. The maximum atomic E-state index is 9.42. The highest BCUT2D eigenvalue weighted by Crippen LogP contribution is 2.38. The Balaban J connectivity index is 1.87. The predicted molar refractivity (Wildman–Crippen MR) is 81.3 cm³/mol. The van der Waals surface area contributed by atoms with Gasteiger partial charge in [0.05, 0.1) is 6.07 Å². The van der Waals surface area contributed by atoms with E-state index in [9.17, 15) is 5.26 Å². The van der Waals surface area contributed by atoms with Crippen LogP contribution in [-0.4, -0.2) is 18.3 Å². The van der Waals surface area contributed by atoms with Crippen molar-refractivity contribution < 1.29 is 0 Å². The summed E-state index contributed by atoms with van der Waals surface area (Å²) in [7, 11) is 1.93. The molecule has 2 unspecified atom stereocenters. The van der Waals surface area contributed by atoms with Crippen LogP contribution in [0.2, 0.25) is 0 Å². The van der Waals surface area contributed by atoms with Crippen LogP contribution < -0.4 is 5.32 Å². The monoisotopic (exact) mass is 274 g/mol. The fourth-order valence-corrected chi connectivity index (χ4v) is 4.11. The fraction of sp³-hybridized carbons (Fsp3) is 0.562. The Labute approximate surface area is 120 Å². The summed E-state index contributed by atoms with van der Waals surface area (Å²) in [6, 6.07) is 11.2. The van der Waals surface area contributed by atoms with Crippen LogP contribution in [0.4, 0.5) is 0 Å². The van der Waals surface area contributed by atoms with E-state index in [1.165, 1.54) is 23.3 Å². The quantitative estimate of drug-likeness (QED) is 0.830. The number of thioether (sulfide) groups is 1. The molecule has 19 heavy (non-hydrogen) atoms. The van der Waals surface area contributed by atoms with Crippen molar-refractivity contribution in [3.63, 3.8) is 0 Å². The molecule has 1 aliphatic rings. The Morgan fingerprint density at radius 1 is 1.53 bits per heavy atom. The summed E-state index contributed by atoms with van der Waals surface area (Å²) in [6.07, 6.45) is 4.48. The molecule has 0 aromatic heterocycles. The SMILES string of the molecule is CNC1(C#N)CCCC1CCSc1cccc(C)c1.